The van der Waals surface area contributed by atoms with Crippen LogP contribution in [-0.4, -0.2) is 20.9 Å². The molecule has 1 amide bonds. The van der Waals surface area contributed by atoms with Gasteiger partial charge in [-0.3, -0.25) is 9.52 Å². The molecule has 3 aromatic carbocycles. The Morgan fingerprint density at radius 1 is 1.00 bits per heavy atom. The average molecular weight is 465 g/mol. The highest BCUT2D eigenvalue weighted by Crippen LogP contribution is 2.29. The van der Waals surface area contributed by atoms with Crippen LogP contribution >= 0.6 is 23.2 Å². The maximum absolute atomic E-state index is 12.6. The van der Waals surface area contributed by atoms with Crippen LogP contribution in [0.1, 0.15) is 5.56 Å². The Morgan fingerprint density at radius 2 is 1.73 bits per heavy atom. The third-order valence-corrected chi connectivity index (χ3v) is 6.27. The van der Waals surface area contributed by atoms with E-state index in [-0.39, 0.29) is 16.5 Å². The van der Waals surface area contributed by atoms with Crippen molar-refractivity contribution in [1.29, 1.82) is 0 Å². The maximum atomic E-state index is 12.6. The number of nitrogens with one attached hydrogen (secondary N) is 2. The van der Waals surface area contributed by atoms with Crippen molar-refractivity contribution in [2.45, 2.75) is 11.8 Å². The van der Waals surface area contributed by atoms with E-state index in [1.807, 2.05) is 0 Å². The van der Waals surface area contributed by atoms with Crippen molar-refractivity contribution in [3.05, 3.63) is 82.3 Å². The molecule has 0 fully saturated rings. The first-order valence-electron chi connectivity index (χ1n) is 8.81. The molecule has 3 rings (SSSR count). The predicted octanol–water partition coefficient (Wildman–Crippen LogP) is 5.12. The topological polar surface area (TPSA) is 84.5 Å². The number of benzene rings is 3. The molecular formula is C21H18Cl2N2O4S. The average Bonchev–Trinajstić information content (AvgIpc) is 2.71. The molecule has 0 aliphatic carbocycles. The zero-order valence-electron chi connectivity index (χ0n) is 15.9. The van der Waals surface area contributed by atoms with E-state index < -0.39 is 15.9 Å². The summed E-state index contributed by atoms with van der Waals surface area (Å²) in [6.45, 7) is 1.42. The van der Waals surface area contributed by atoms with Crippen molar-refractivity contribution in [3.63, 3.8) is 0 Å². The van der Waals surface area contributed by atoms with Gasteiger partial charge in [0.05, 0.1) is 20.6 Å². The van der Waals surface area contributed by atoms with Crippen molar-refractivity contribution in [2.75, 3.05) is 16.6 Å². The van der Waals surface area contributed by atoms with Gasteiger partial charge in [-0.25, -0.2) is 8.42 Å². The minimum atomic E-state index is -3.75. The van der Waals surface area contributed by atoms with Crippen LogP contribution in [-0.2, 0) is 14.8 Å². The van der Waals surface area contributed by atoms with Crippen LogP contribution in [0, 0.1) is 6.92 Å². The number of sulfonamides is 1. The van der Waals surface area contributed by atoms with Gasteiger partial charge < -0.3 is 10.1 Å². The smallest absolute Gasteiger partial charge is 0.262 e. The van der Waals surface area contributed by atoms with E-state index in [0.717, 1.165) is 0 Å². The molecule has 0 saturated heterocycles. The number of hydrogen-bond acceptors (Lipinski definition) is 4. The summed E-state index contributed by atoms with van der Waals surface area (Å²) in [7, 11) is -3.75. The monoisotopic (exact) mass is 464 g/mol. The fourth-order valence-corrected chi connectivity index (χ4v) is 4.09. The minimum absolute atomic E-state index is 0.0892. The highest BCUT2D eigenvalue weighted by atomic mass is 35.5. The van der Waals surface area contributed by atoms with E-state index >= 15 is 0 Å². The molecule has 2 N–H and O–H groups in total. The number of carbonyl (C=O) groups is 1. The molecule has 0 unspecified atom stereocenters. The molecular weight excluding hydrogens is 447 g/mol. The van der Waals surface area contributed by atoms with E-state index in [9.17, 15) is 13.2 Å². The lowest BCUT2D eigenvalue weighted by Gasteiger charge is -2.13. The van der Waals surface area contributed by atoms with Crippen LogP contribution in [0.15, 0.2) is 71.6 Å². The largest absolute Gasteiger partial charge is 0.483 e. The zero-order valence-corrected chi connectivity index (χ0v) is 18.2. The van der Waals surface area contributed by atoms with Gasteiger partial charge in [-0.15, -0.1) is 0 Å². The van der Waals surface area contributed by atoms with Crippen LogP contribution in [0.5, 0.6) is 5.75 Å². The number of anilines is 2. The fraction of sp³-hybridized carbons (Fsp3) is 0.0952. The summed E-state index contributed by atoms with van der Waals surface area (Å²) in [5, 5.41) is 3.18. The van der Waals surface area contributed by atoms with Gasteiger partial charge in [-0.05, 0) is 55.0 Å². The third-order valence-electron chi connectivity index (χ3n) is 4.07. The van der Waals surface area contributed by atoms with Crippen LogP contribution in [0.25, 0.3) is 0 Å². The number of ether oxygens (including phenoxy) is 1. The molecule has 0 radical (unpaired) electrons. The Morgan fingerprint density at radius 3 is 2.43 bits per heavy atom. The lowest BCUT2D eigenvalue weighted by atomic mass is 10.2. The van der Waals surface area contributed by atoms with Crippen molar-refractivity contribution in [2.24, 2.45) is 0 Å². The van der Waals surface area contributed by atoms with E-state index in [1.54, 1.807) is 55.5 Å². The molecule has 0 bridgehead atoms. The highest BCUT2D eigenvalue weighted by molar-refractivity contribution is 7.92. The number of para-hydroxylation sites is 1. The molecule has 0 atom stereocenters. The van der Waals surface area contributed by atoms with E-state index in [2.05, 4.69) is 10.0 Å². The summed E-state index contributed by atoms with van der Waals surface area (Å²) in [6, 6.07) is 17.9. The molecule has 3 aromatic rings. The summed E-state index contributed by atoms with van der Waals surface area (Å²) in [5.41, 5.74) is 1.41. The van der Waals surface area contributed by atoms with Gasteiger partial charge in [0.15, 0.2) is 6.61 Å². The Bertz CT molecular complexity index is 1170. The Hall–Kier alpha value is -2.74. The second kappa shape index (κ2) is 9.38. The standard InChI is InChI=1S/C21H18Cl2N2O4S/c1-14-12-16(30(27,28)25-15-6-3-2-4-7-15)10-11-19(14)29-13-20(26)24-18-9-5-8-17(22)21(18)23/h2-12,25H,13H2,1H3,(H,24,26). The fourth-order valence-electron chi connectivity index (χ4n) is 2.60. The molecule has 0 spiro atoms. The van der Waals surface area contributed by atoms with Gasteiger partial charge in [0.2, 0.25) is 0 Å². The third kappa shape index (κ3) is 5.44. The van der Waals surface area contributed by atoms with Gasteiger partial charge in [0.25, 0.3) is 15.9 Å². The quantitative estimate of drug-likeness (QED) is 0.507. The second-order valence-electron chi connectivity index (χ2n) is 6.34. The van der Waals surface area contributed by atoms with Gasteiger partial charge in [-0.2, -0.15) is 0 Å². The number of amides is 1. The molecule has 6 nitrogen and oxygen atoms in total. The van der Waals surface area contributed by atoms with Crippen molar-refractivity contribution in [3.8, 4) is 5.75 Å². The molecule has 0 aromatic heterocycles. The first-order valence-corrected chi connectivity index (χ1v) is 11.1. The van der Waals surface area contributed by atoms with Crippen molar-refractivity contribution in [1.82, 2.24) is 0 Å². The number of hydrogen-bond donors (Lipinski definition) is 2. The summed E-state index contributed by atoms with van der Waals surface area (Å²) in [5.74, 6) is -0.0398. The number of rotatable bonds is 7. The zero-order chi connectivity index (χ0) is 21.7. The van der Waals surface area contributed by atoms with Crippen molar-refractivity contribution >= 4 is 50.5 Å². The Balaban J connectivity index is 1.65. The van der Waals surface area contributed by atoms with Crippen LogP contribution < -0.4 is 14.8 Å². The lowest BCUT2D eigenvalue weighted by molar-refractivity contribution is -0.118. The Kier molecular flexibility index (Phi) is 6.87. The SMILES string of the molecule is Cc1cc(S(=O)(=O)Nc2ccccc2)ccc1OCC(=O)Nc1cccc(Cl)c1Cl. The maximum Gasteiger partial charge on any atom is 0.262 e. The number of halogens is 2. The minimum Gasteiger partial charge on any atom is -0.483 e. The van der Waals surface area contributed by atoms with E-state index in [0.29, 0.717) is 27.7 Å². The van der Waals surface area contributed by atoms with E-state index in [1.165, 1.54) is 18.2 Å². The van der Waals surface area contributed by atoms with Gasteiger partial charge in [-0.1, -0.05) is 47.5 Å². The van der Waals surface area contributed by atoms with Crippen LogP contribution in [0.2, 0.25) is 10.0 Å². The summed E-state index contributed by atoms with van der Waals surface area (Å²) in [6.07, 6.45) is 0. The summed E-state index contributed by atoms with van der Waals surface area (Å²) >= 11 is 12.0. The van der Waals surface area contributed by atoms with Gasteiger partial charge in [0.1, 0.15) is 5.75 Å². The molecule has 0 aliphatic heterocycles. The molecule has 30 heavy (non-hydrogen) atoms. The second-order valence-corrected chi connectivity index (χ2v) is 8.80. The van der Waals surface area contributed by atoms with Gasteiger partial charge in [0, 0.05) is 5.69 Å². The molecule has 0 saturated carbocycles. The number of aryl methyl sites for hydroxylation is 1. The molecule has 9 heteroatoms. The first kappa shape index (κ1) is 22.0. The Labute approximate surface area is 184 Å². The molecule has 156 valence electrons. The molecule has 0 aliphatic rings. The number of carbonyl (C=O) groups excluding carboxylic acids is 1. The van der Waals surface area contributed by atoms with Gasteiger partial charge >= 0.3 is 0 Å². The normalized spacial score (nSPS) is 11.0. The lowest BCUT2D eigenvalue weighted by Crippen LogP contribution is -2.20. The predicted molar refractivity (Wildman–Crippen MR) is 119 cm³/mol. The first-order chi connectivity index (χ1) is 14.3. The van der Waals surface area contributed by atoms with Crippen LogP contribution in [0.4, 0.5) is 11.4 Å². The summed E-state index contributed by atoms with van der Waals surface area (Å²) in [4.78, 5) is 12.2. The highest BCUT2D eigenvalue weighted by Gasteiger charge is 2.16. The van der Waals surface area contributed by atoms with Crippen molar-refractivity contribution < 1.29 is 17.9 Å². The molecule has 0 heterocycles. The van der Waals surface area contributed by atoms with E-state index in [4.69, 9.17) is 27.9 Å². The van der Waals surface area contributed by atoms with Crippen LogP contribution in [0.3, 0.4) is 0 Å². The summed E-state index contributed by atoms with van der Waals surface area (Å²) < 4.78 is 33.1.